The number of hydrogen-bond donors (Lipinski definition) is 1. The molecule has 2 aromatic carbocycles. The van der Waals surface area contributed by atoms with E-state index >= 15 is 0 Å². The molecule has 0 saturated carbocycles. The first-order valence-electron chi connectivity index (χ1n) is 8.93. The highest BCUT2D eigenvalue weighted by Crippen LogP contribution is 2.32. The first-order valence-corrected chi connectivity index (χ1v) is 8.93. The molecule has 0 amide bonds. The van der Waals surface area contributed by atoms with E-state index in [1.165, 1.54) is 5.57 Å². The highest BCUT2D eigenvalue weighted by molar-refractivity contribution is 5.67. The summed E-state index contributed by atoms with van der Waals surface area (Å²) in [6, 6.07) is 13.2. The Labute approximate surface area is 157 Å². The monoisotopic (exact) mass is 372 g/mol. The van der Waals surface area contributed by atoms with E-state index in [4.69, 9.17) is 5.73 Å². The number of hydrogen-bond acceptors (Lipinski definition) is 2. The van der Waals surface area contributed by atoms with E-state index in [1.54, 1.807) is 12.1 Å². The van der Waals surface area contributed by atoms with Crippen LogP contribution in [0.3, 0.4) is 0 Å². The Morgan fingerprint density at radius 2 is 1.74 bits per heavy atom. The number of nitrogen functional groups attached to an aromatic ring is 1. The highest BCUT2D eigenvalue weighted by atomic mass is 19.4. The number of anilines is 1. The van der Waals surface area contributed by atoms with Gasteiger partial charge in [0.05, 0.1) is 5.56 Å². The Bertz CT molecular complexity index is 805. The molecule has 1 unspecified atom stereocenters. The summed E-state index contributed by atoms with van der Waals surface area (Å²) >= 11 is 0. The minimum atomic E-state index is -4.30. The van der Waals surface area contributed by atoms with Gasteiger partial charge in [0.25, 0.3) is 0 Å². The van der Waals surface area contributed by atoms with Gasteiger partial charge in [-0.15, -0.1) is 6.58 Å². The van der Waals surface area contributed by atoms with Crippen molar-refractivity contribution in [2.75, 3.05) is 12.3 Å². The molecule has 2 N–H and O–H groups in total. The summed E-state index contributed by atoms with van der Waals surface area (Å²) in [5, 5.41) is 0. The van der Waals surface area contributed by atoms with Gasteiger partial charge in [0.2, 0.25) is 0 Å². The molecule has 0 aliphatic carbocycles. The fourth-order valence-corrected chi connectivity index (χ4v) is 3.46. The van der Waals surface area contributed by atoms with E-state index < -0.39 is 11.7 Å². The van der Waals surface area contributed by atoms with E-state index in [2.05, 4.69) is 17.7 Å². The van der Waals surface area contributed by atoms with Gasteiger partial charge in [-0.1, -0.05) is 30.3 Å². The van der Waals surface area contributed by atoms with E-state index in [0.29, 0.717) is 12.5 Å². The molecule has 5 heteroatoms. The average Bonchev–Trinajstić information content (AvgIpc) is 2.62. The molecule has 3 rings (SSSR count). The molecule has 1 aliphatic heterocycles. The summed E-state index contributed by atoms with van der Waals surface area (Å²) in [4.78, 5) is 2.17. The molecule has 27 heavy (non-hydrogen) atoms. The van der Waals surface area contributed by atoms with E-state index in [-0.39, 0.29) is 0 Å². The topological polar surface area (TPSA) is 29.3 Å². The van der Waals surface area contributed by atoms with Crippen molar-refractivity contribution < 1.29 is 13.2 Å². The normalized spacial score (nSPS) is 17.5. The smallest absolute Gasteiger partial charge is 0.399 e. The number of nitrogens with zero attached hydrogens (tertiary/aromatic N) is 1. The van der Waals surface area contributed by atoms with Gasteiger partial charge in [-0.2, -0.15) is 13.2 Å². The van der Waals surface area contributed by atoms with Crippen LogP contribution in [0.15, 0.2) is 67.4 Å². The molecular formula is C22H23F3N2. The Morgan fingerprint density at radius 1 is 1.07 bits per heavy atom. The molecular weight excluding hydrogens is 349 g/mol. The van der Waals surface area contributed by atoms with E-state index in [0.717, 1.165) is 48.3 Å². The summed E-state index contributed by atoms with van der Waals surface area (Å²) in [6.07, 6.45) is 1.58. The molecule has 1 heterocycles. The van der Waals surface area contributed by atoms with E-state index in [9.17, 15) is 13.2 Å². The number of allylic oxidation sites excluding steroid dienone is 2. The van der Waals surface area contributed by atoms with Crippen LogP contribution in [0, 0.1) is 5.92 Å². The molecule has 0 saturated heterocycles. The van der Waals surface area contributed by atoms with Crippen molar-refractivity contribution in [3.63, 3.8) is 0 Å². The second-order valence-corrected chi connectivity index (χ2v) is 6.99. The summed E-state index contributed by atoms with van der Waals surface area (Å²) in [5.74, 6) is 0.425. The van der Waals surface area contributed by atoms with Crippen LogP contribution < -0.4 is 5.73 Å². The van der Waals surface area contributed by atoms with Crippen LogP contribution >= 0.6 is 0 Å². The van der Waals surface area contributed by atoms with Crippen LogP contribution in [0.25, 0.3) is 5.57 Å². The Kier molecular flexibility index (Phi) is 5.59. The van der Waals surface area contributed by atoms with Crippen LogP contribution in [-0.2, 0) is 12.7 Å². The third-order valence-electron chi connectivity index (χ3n) is 4.79. The lowest BCUT2D eigenvalue weighted by atomic mass is 9.89. The van der Waals surface area contributed by atoms with Crippen molar-refractivity contribution in [1.82, 2.24) is 4.90 Å². The van der Waals surface area contributed by atoms with Crippen LogP contribution in [-0.4, -0.2) is 11.4 Å². The Hall–Kier alpha value is -2.69. The minimum Gasteiger partial charge on any atom is -0.399 e. The molecule has 2 aromatic rings. The largest absolute Gasteiger partial charge is 0.416 e. The van der Waals surface area contributed by atoms with Crippen molar-refractivity contribution in [2.45, 2.75) is 25.6 Å². The zero-order chi connectivity index (χ0) is 19.4. The van der Waals surface area contributed by atoms with Crippen LogP contribution in [0.1, 0.15) is 29.5 Å². The molecule has 0 aromatic heterocycles. The van der Waals surface area contributed by atoms with Crippen LogP contribution in [0.4, 0.5) is 18.9 Å². The molecule has 0 radical (unpaired) electrons. The summed E-state index contributed by atoms with van der Waals surface area (Å²) in [6.45, 7) is 5.27. The number of alkyl halides is 3. The summed E-state index contributed by atoms with van der Waals surface area (Å²) < 4.78 is 38.2. The van der Waals surface area contributed by atoms with Gasteiger partial charge >= 0.3 is 6.18 Å². The number of nitrogens with two attached hydrogens (primary N) is 1. The first-order chi connectivity index (χ1) is 12.8. The predicted octanol–water partition coefficient (Wildman–Crippen LogP) is 5.73. The molecule has 1 aliphatic rings. The van der Waals surface area contributed by atoms with Gasteiger partial charge in [0, 0.05) is 25.0 Å². The third-order valence-corrected chi connectivity index (χ3v) is 4.79. The second kappa shape index (κ2) is 7.91. The predicted molar refractivity (Wildman–Crippen MR) is 104 cm³/mol. The fourth-order valence-electron chi connectivity index (χ4n) is 3.46. The second-order valence-electron chi connectivity index (χ2n) is 6.99. The van der Waals surface area contributed by atoms with Gasteiger partial charge in [-0.25, -0.2) is 0 Å². The lowest BCUT2D eigenvalue weighted by molar-refractivity contribution is -0.137. The zero-order valence-corrected chi connectivity index (χ0v) is 15.0. The van der Waals surface area contributed by atoms with Crippen molar-refractivity contribution in [3.05, 3.63) is 84.1 Å². The van der Waals surface area contributed by atoms with Gasteiger partial charge < -0.3 is 10.6 Å². The van der Waals surface area contributed by atoms with Crippen molar-refractivity contribution in [1.29, 1.82) is 0 Å². The summed E-state index contributed by atoms with van der Waals surface area (Å²) in [7, 11) is 0. The van der Waals surface area contributed by atoms with Gasteiger partial charge in [0.1, 0.15) is 0 Å². The van der Waals surface area contributed by atoms with Gasteiger partial charge in [0.15, 0.2) is 0 Å². The molecule has 2 nitrogen and oxygen atoms in total. The lowest BCUT2D eigenvalue weighted by Crippen LogP contribution is -2.29. The maximum absolute atomic E-state index is 12.7. The standard InChI is InChI=1S/C22H23F3N2/c1-2-3-17-12-19(18-6-10-21(26)11-7-18)15-27(14-17)13-16-4-8-20(9-5-16)22(23,24)25/h2,4-11,15,17H,1,3,12-14,26H2. The average molecular weight is 372 g/mol. The Balaban J connectivity index is 1.80. The lowest BCUT2D eigenvalue weighted by Gasteiger charge is -2.33. The van der Waals surface area contributed by atoms with Gasteiger partial charge in [-0.05, 0) is 59.7 Å². The molecule has 0 bridgehead atoms. The number of rotatable bonds is 5. The van der Waals surface area contributed by atoms with Crippen molar-refractivity contribution >= 4 is 11.3 Å². The van der Waals surface area contributed by atoms with Crippen molar-refractivity contribution in [3.8, 4) is 0 Å². The number of benzene rings is 2. The quantitative estimate of drug-likeness (QED) is 0.537. The maximum Gasteiger partial charge on any atom is 0.416 e. The molecule has 0 fully saturated rings. The van der Waals surface area contributed by atoms with Gasteiger partial charge in [-0.3, -0.25) is 0 Å². The fraction of sp³-hybridized carbons (Fsp3) is 0.273. The minimum absolute atomic E-state index is 0.425. The van der Waals surface area contributed by atoms with Crippen molar-refractivity contribution in [2.24, 2.45) is 5.92 Å². The maximum atomic E-state index is 12.7. The SMILES string of the molecule is C=CCC1CC(c2ccc(N)cc2)=CN(Cc2ccc(C(F)(F)F)cc2)C1. The van der Waals surface area contributed by atoms with Crippen LogP contribution in [0.5, 0.6) is 0 Å². The Morgan fingerprint density at radius 3 is 2.33 bits per heavy atom. The zero-order valence-electron chi connectivity index (χ0n) is 15.0. The molecule has 0 spiro atoms. The third kappa shape index (κ3) is 4.94. The first kappa shape index (κ1) is 19.1. The molecule has 142 valence electrons. The summed E-state index contributed by atoms with van der Waals surface area (Å²) in [5.41, 5.74) is 9.07. The van der Waals surface area contributed by atoms with E-state index in [1.807, 2.05) is 30.3 Å². The molecule has 1 atom stereocenters. The number of halogens is 3. The highest BCUT2D eigenvalue weighted by Gasteiger charge is 2.30. The van der Waals surface area contributed by atoms with Crippen LogP contribution in [0.2, 0.25) is 0 Å².